The molecule has 0 atom stereocenters. The number of ether oxygens (including phenoxy) is 2. The van der Waals surface area contributed by atoms with Crippen molar-refractivity contribution in [3.05, 3.63) is 12.3 Å². The summed E-state index contributed by atoms with van der Waals surface area (Å²) in [6.07, 6.45) is 5.04. The van der Waals surface area contributed by atoms with Crippen LogP contribution in [0.15, 0.2) is 12.3 Å². The molecule has 0 heterocycles. The van der Waals surface area contributed by atoms with Crippen LogP contribution in [0.3, 0.4) is 0 Å². The molecule has 0 aliphatic carbocycles. The molecule has 0 saturated carbocycles. The summed E-state index contributed by atoms with van der Waals surface area (Å²) >= 11 is 0. The van der Waals surface area contributed by atoms with Crippen molar-refractivity contribution in [1.29, 1.82) is 0 Å². The highest BCUT2D eigenvalue weighted by Gasteiger charge is 2.02. The van der Waals surface area contributed by atoms with Gasteiger partial charge in [0, 0.05) is 0 Å². The zero-order valence-corrected chi connectivity index (χ0v) is 9.17. The maximum Gasteiger partial charge on any atom is 0.513 e. The number of hydrogen-bond acceptors (Lipinski definition) is 3. The molecule has 0 aromatic heterocycles. The zero-order valence-electron chi connectivity index (χ0n) is 9.17. The Morgan fingerprint density at radius 2 is 1.86 bits per heavy atom. The van der Waals surface area contributed by atoms with Crippen molar-refractivity contribution in [2.45, 2.75) is 46.0 Å². The molecule has 3 nitrogen and oxygen atoms in total. The van der Waals surface area contributed by atoms with E-state index in [2.05, 4.69) is 18.2 Å². The molecule has 3 heteroatoms. The third-order valence-electron chi connectivity index (χ3n) is 1.73. The Morgan fingerprint density at radius 3 is 2.43 bits per heavy atom. The summed E-state index contributed by atoms with van der Waals surface area (Å²) in [5.74, 6) is 0.362. The fourth-order valence-corrected chi connectivity index (χ4v) is 1.03. The number of carbonyl (C=O) groups excluding carboxylic acids is 1. The van der Waals surface area contributed by atoms with Gasteiger partial charge in [-0.15, -0.1) is 0 Å². The largest absolute Gasteiger partial charge is 0.513 e. The Hall–Kier alpha value is -0.990. The molecule has 0 rings (SSSR count). The molecule has 0 radical (unpaired) electrons. The number of allylic oxidation sites excluding steroid dienone is 1. The van der Waals surface area contributed by atoms with Gasteiger partial charge in [0.05, 0.1) is 6.61 Å². The summed E-state index contributed by atoms with van der Waals surface area (Å²) in [4.78, 5) is 10.8. The summed E-state index contributed by atoms with van der Waals surface area (Å²) in [5, 5.41) is 0. The smallest absolute Gasteiger partial charge is 0.434 e. The minimum atomic E-state index is -0.645. The molecule has 0 aromatic carbocycles. The molecule has 14 heavy (non-hydrogen) atoms. The van der Waals surface area contributed by atoms with Gasteiger partial charge < -0.3 is 9.47 Å². The van der Waals surface area contributed by atoms with Gasteiger partial charge in [0.2, 0.25) is 0 Å². The Morgan fingerprint density at radius 1 is 1.21 bits per heavy atom. The molecule has 0 N–H and O–H groups in total. The Bertz CT molecular complexity index is 175. The summed E-state index contributed by atoms with van der Waals surface area (Å²) < 4.78 is 9.43. The Labute approximate surface area is 86.1 Å². The van der Waals surface area contributed by atoms with E-state index < -0.39 is 6.16 Å². The third kappa shape index (κ3) is 9.10. The van der Waals surface area contributed by atoms with Crippen LogP contribution in [0.1, 0.15) is 46.0 Å². The van der Waals surface area contributed by atoms with Crippen molar-refractivity contribution < 1.29 is 14.3 Å². The average molecular weight is 200 g/mol. The van der Waals surface area contributed by atoms with Gasteiger partial charge in [-0.2, -0.15) is 0 Å². The van der Waals surface area contributed by atoms with E-state index in [1.54, 1.807) is 6.92 Å². The van der Waals surface area contributed by atoms with Gasteiger partial charge in [0.1, 0.15) is 5.76 Å². The number of unbranched alkanes of at least 4 members (excludes halogenated alkanes) is 4. The topological polar surface area (TPSA) is 35.5 Å². The van der Waals surface area contributed by atoms with Crippen LogP contribution in [0.4, 0.5) is 4.79 Å². The van der Waals surface area contributed by atoms with Crippen molar-refractivity contribution in [2.75, 3.05) is 6.61 Å². The van der Waals surface area contributed by atoms with Crippen molar-refractivity contribution in [3.63, 3.8) is 0 Å². The standard InChI is InChI=1S/C11H20O3/c1-4-5-6-7-8-9-13-11(12)14-10(2)3/h2,4-9H2,1,3H3. The van der Waals surface area contributed by atoms with Gasteiger partial charge in [-0.25, -0.2) is 4.79 Å². The second-order valence-electron chi connectivity index (χ2n) is 3.32. The van der Waals surface area contributed by atoms with Gasteiger partial charge in [-0.05, 0) is 13.3 Å². The molecule has 82 valence electrons. The first-order valence-corrected chi connectivity index (χ1v) is 5.17. The molecular weight excluding hydrogens is 180 g/mol. The van der Waals surface area contributed by atoms with E-state index in [9.17, 15) is 4.79 Å². The molecule has 0 bridgehead atoms. The fourth-order valence-electron chi connectivity index (χ4n) is 1.03. The van der Waals surface area contributed by atoms with Crippen LogP contribution >= 0.6 is 0 Å². The van der Waals surface area contributed by atoms with Crippen molar-refractivity contribution in [2.24, 2.45) is 0 Å². The third-order valence-corrected chi connectivity index (χ3v) is 1.73. The van der Waals surface area contributed by atoms with E-state index in [0.29, 0.717) is 12.4 Å². The Balaban J connectivity index is 3.19. The van der Waals surface area contributed by atoms with Crippen molar-refractivity contribution in [3.8, 4) is 0 Å². The van der Waals surface area contributed by atoms with Crippen LogP contribution in [0.25, 0.3) is 0 Å². The zero-order chi connectivity index (χ0) is 10.8. The highest BCUT2D eigenvalue weighted by atomic mass is 16.7. The quantitative estimate of drug-likeness (QED) is 0.357. The SMILES string of the molecule is C=C(C)OC(=O)OCCCCCCC. The maximum absolute atomic E-state index is 10.8. The summed E-state index contributed by atoms with van der Waals surface area (Å²) in [6, 6.07) is 0. The van der Waals surface area contributed by atoms with E-state index in [4.69, 9.17) is 4.74 Å². The number of rotatable bonds is 7. The molecule has 0 aliphatic rings. The lowest BCUT2D eigenvalue weighted by Gasteiger charge is -2.04. The van der Waals surface area contributed by atoms with E-state index >= 15 is 0 Å². The fraction of sp³-hybridized carbons (Fsp3) is 0.727. The molecule has 0 aromatic rings. The normalized spacial score (nSPS) is 9.57. The molecule has 0 fully saturated rings. The summed E-state index contributed by atoms with van der Waals surface area (Å²) in [6.45, 7) is 7.66. The van der Waals surface area contributed by atoms with Gasteiger partial charge in [-0.1, -0.05) is 39.2 Å². The van der Waals surface area contributed by atoms with Crippen LogP contribution in [0.2, 0.25) is 0 Å². The molecule has 0 spiro atoms. The lowest BCUT2D eigenvalue weighted by molar-refractivity contribution is 0.0763. The summed E-state index contributed by atoms with van der Waals surface area (Å²) in [5.41, 5.74) is 0. The van der Waals surface area contributed by atoms with Gasteiger partial charge >= 0.3 is 6.16 Å². The lowest BCUT2D eigenvalue weighted by atomic mass is 10.2. The number of hydrogen-bond donors (Lipinski definition) is 0. The van der Waals surface area contributed by atoms with E-state index in [-0.39, 0.29) is 0 Å². The van der Waals surface area contributed by atoms with Crippen LogP contribution in [-0.4, -0.2) is 12.8 Å². The average Bonchev–Trinajstić information content (AvgIpc) is 2.10. The minimum Gasteiger partial charge on any atom is -0.434 e. The predicted molar refractivity (Wildman–Crippen MR) is 56.0 cm³/mol. The predicted octanol–water partition coefficient (Wildman–Crippen LogP) is 3.64. The van der Waals surface area contributed by atoms with Gasteiger partial charge in [0.25, 0.3) is 0 Å². The van der Waals surface area contributed by atoms with Crippen LogP contribution in [-0.2, 0) is 9.47 Å². The van der Waals surface area contributed by atoms with E-state index in [1.165, 1.54) is 19.3 Å². The van der Waals surface area contributed by atoms with Crippen LogP contribution in [0, 0.1) is 0 Å². The van der Waals surface area contributed by atoms with E-state index in [1.807, 2.05) is 0 Å². The highest BCUT2D eigenvalue weighted by Crippen LogP contribution is 2.03. The molecular formula is C11H20O3. The number of carbonyl (C=O) groups is 1. The molecule has 0 saturated heterocycles. The highest BCUT2D eigenvalue weighted by molar-refractivity contribution is 5.61. The van der Waals surface area contributed by atoms with Crippen molar-refractivity contribution in [1.82, 2.24) is 0 Å². The van der Waals surface area contributed by atoms with Crippen molar-refractivity contribution >= 4 is 6.16 Å². The van der Waals surface area contributed by atoms with Gasteiger partial charge in [-0.3, -0.25) is 0 Å². The monoisotopic (exact) mass is 200 g/mol. The Kier molecular flexibility index (Phi) is 7.99. The van der Waals surface area contributed by atoms with Crippen LogP contribution < -0.4 is 0 Å². The van der Waals surface area contributed by atoms with E-state index in [0.717, 1.165) is 12.8 Å². The molecule has 0 amide bonds. The first-order chi connectivity index (χ1) is 6.66. The lowest BCUT2D eigenvalue weighted by Crippen LogP contribution is -2.06. The first-order valence-electron chi connectivity index (χ1n) is 5.17. The van der Waals surface area contributed by atoms with Crippen LogP contribution in [0.5, 0.6) is 0 Å². The minimum absolute atomic E-state index is 0.362. The second-order valence-corrected chi connectivity index (χ2v) is 3.32. The first kappa shape index (κ1) is 13.0. The molecule has 0 aliphatic heterocycles. The maximum atomic E-state index is 10.8. The van der Waals surface area contributed by atoms with Gasteiger partial charge in [0.15, 0.2) is 0 Å². The molecule has 0 unspecified atom stereocenters. The summed E-state index contributed by atoms with van der Waals surface area (Å²) in [7, 11) is 0. The second kappa shape index (κ2) is 8.60.